The second-order valence-corrected chi connectivity index (χ2v) is 9.17. The number of aliphatic imine (C=N–C) groups is 1. The number of nitrogens with zero attached hydrogens (tertiary/aromatic N) is 1. The Labute approximate surface area is 197 Å². The van der Waals surface area contributed by atoms with E-state index in [1.165, 1.54) is 0 Å². The van der Waals surface area contributed by atoms with E-state index in [1.807, 2.05) is 26.0 Å². The van der Waals surface area contributed by atoms with Crippen molar-refractivity contribution in [2.75, 3.05) is 45.2 Å². The molecular formula is C20H35IN4O4S. The summed E-state index contributed by atoms with van der Waals surface area (Å²) >= 11 is 0. The summed E-state index contributed by atoms with van der Waals surface area (Å²) in [6.45, 7) is 9.80. The molecular weight excluding hydrogens is 519 g/mol. The molecule has 0 saturated carbocycles. The van der Waals surface area contributed by atoms with Crippen molar-refractivity contribution in [2.24, 2.45) is 10.9 Å². The third kappa shape index (κ3) is 9.80. The van der Waals surface area contributed by atoms with E-state index in [1.54, 1.807) is 6.92 Å². The lowest BCUT2D eigenvalue weighted by atomic mass is 10.1. The first kappa shape index (κ1) is 26.9. The van der Waals surface area contributed by atoms with Crippen molar-refractivity contribution in [3.63, 3.8) is 0 Å². The average Bonchev–Trinajstić information content (AvgIpc) is 3.22. The number of halogens is 1. The normalized spacial score (nSPS) is 16.8. The summed E-state index contributed by atoms with van der Waals surface area (Å²) in [5.41, 5.74) is 2.15. The van der Waals surface area contributed by atoms with E-state index in [0.29, 0.717) is 44.7 Å². The lowest BCUT2D eigenvalue weighted by molar-refractivity contribution is 0.166. The highest BCUT2D eigenvalue weighted by atomic mass is 127. The molecule has 1 aliphatic rings. The Morgan fingerprint density at radius 3 is 2.73 bits per heavy atom. The van der Waals surface area contributed by atoms with E-state index >= 15 is 0 Å². The first-order valence-corrected chi connectivity index (χ1v) is 11.9. The number of nitrogens with one attached hydrogen (secondary N) is 3. The summed E-state index contributed by atoms with van der Waals surface area (Å²) in [5.74, 6) is 2.01. The lowest BCUT2D eigenvalue weighted by Crippen LogP contribution is -2.41. The number of benzene rings is 1. The lowest BCUT2D eigenvalue weighted by Gasteiger charge is -2.15. The van der Waals surface area contributed by atoms with Crippen molar-refractivity contribution in [3.05, 3.63) is 29.3 Å². The Bertz CT molecular complexity index is 768. The van der Waals surface area contributed by atoms with Crippen molar-refractivity contribution < 1.29 is 17.9 Å². The molecule has 2 rings (SSSR count). The third-order valence-electron chi connectivity index (χ3n) is 4.59. The largest absolute Gasteiger partial charge is 0.493 e. The van der Waals surface area contributed by atoms with E-state index in [-0.39, 0.29) is 29.7 Å². The fourth-order valence-corrected chi connectivity index (χ4v) is 3.46. The number of rotatable bonds is 11. The van der Waals surface area contributed by atoms with Gasteiger partial charge in [0, 0.05) is 37.7 Å². The molecule has 0 aliphatic carbocycles. The summed E-state index contributed by atoms with van der Waals surface area (Å²) in [4.78, 5) is 4.62. The minimum atomic E-state index is -3.18. The molecule has 172 valence electrons. The van der Waals surface area contributed by atoms with Gasteiger partial charge in [-0.2, -0.15) is 0 Å². The predicted octanol–water partition coefficient (Wildman–Crippen LogP) is 2.02. The highest BCUT2D eigenvalue weighted by Gasteiger charge is 2.17. The van der Waals surface area contributed by atoms with Gasteiger partial charge in [0.2, 0.25) is 10.0 Å². The molecule has 1 aliphatic heterocycles. The minimum Gasteiger partial charge on any atom is -0.493 e. The fourth-order valence-electron chi connectivity index (χ4n) is 2.84. The van der Waals surface area contributed by atoms with Crippen molar-refractivity contribution in [1.29, 1.82) is 0 Å². The van der Waals surface area contributed by atoms with Crippen molar-refractivity contribution in [3.8, 4) is 5.75 Å². The highest BCUT2D eigenvalue weighted by Crippen LogP contribution is 2.23. The molecule has 0 amide bonds. The van der Waals surface area contributed by atoms with Crippen LogP contribution in [0.15, 0.2) is 23.2 Å². The van der Waals surface area contributed by atoms with Crippen LogP contribution in [0, 0.1) is 12.8 Å². The maximum absolute atomic E-state index is 11.5. The monoisotopic (exact) mass is 554 g/mol. The van der Waals surface area contributed by atoms with Gasteiger partial charge in [-0.25, -0.2) is 18.1 Å². The Kier molecular flexibility index (Phi) is 12.6. The van der Waals surface area contributed by atoms with Crippen molar-refractivity contribution >= 4 is 40.0 Å². The maximum atomic E-state index is 11.5. The van der Waals surface area contributed by atoms with Crippen LogP contribution in [-0.2, 0) is 21.3 Å². The third-order valence-corrected chi connectivity index (χ3v) is 6.00. The topological polar surface area (TPSA) is 101 Å². The predicted molar refractivity (Wildman–Crippen MR) is 131 cm³/mol. The Morgan fingerprint density at radius 2 is 2.07 bits per heavy atom. The molecule has 10 heteroatoms. The summed E-state index contributed by atoms with van der Waals surface area (Å²) in [6, 6.07) is 6.13. The second-order valence-electron chi connectivity index (χ2n) is 7.07. The number of aryl methyl sites for hydroxylation is 1. The summed E-state index contributed by atoms with van der Waals surface area (Å²) in [7, 11) is -3.18. The van der Waals surface area contributed by atoms with Crippen LogP contribution in [0.25, 0.3) is 0 Å². The van der Waals surface area contributed by atoms with Gasteiger partial charge in [0.05, 0.1) is 25.5 Å². The number of hydrogen-bond acceptors (Lipinski definition) is 5. The molecule has 1 atom stereocenters. The molecule has 0 spiro atoms. The molecule has 1 aromatic rings. The minimum absolute atomic E-state index is 0. The van der Waals surface area contributed by atoms with Crippen molar-refractivity contribution in [1.82, 2.24) is 15.4 Å². The zero-order valence-corrected chi connectivity index (χ0v) is 21.2. The van der Waals surface area contributed by atoms with E-state index < -0.39 is 10.0 Å². The highest BCUT2D eigenvalue weighted by molar-refractivity contribution is 14.0. The number of ether oxygens (including phenoxy) is 2. The van der Waals surface area contributed by atoms with Gasteiger partial charge in [0.1, 0.15) is 5.75 Å². The van der Waals surface area contributed by atoms with Gasteiger partial charge in [-0.05, 0) is 38.8 Å². The molecule has 1 saturated heterocycles. The molecule has 0 bridgehead atoms. The molecule has 30 heavy (non-hydrogen) atoms. The Morgan fingerprint density at radius 1 is 1.27 bits per heavy atom. The van der Waals surface area contributed by atoms with Crippen LogP contribution in [0.1, 0.15) is 31.4 Å². The summed E-state index contributed by atoms with van der Waals surface area (Å²) in [5, 5.41) is 6.33. The summed E-state index contributed by atoms with van der Waals surface area (Å²) in [6.07, 6.45) is 1.04. The van der Waals surface area contributed by atoms with Gasteiger partial charge >= 0.3 is 0 Å². The van der Waals surface area contributed by atoms with Crippen LogP contribution in [0.4, 0.5) is 0 Å². The second kappa shape index (κ2) is 14.0. The molecule has 1 aromatic carbocycles. The van der Waals surface area contributed by atoms with Gasteiger partial charge in [-0.1, -0.05) is 12.1 Å². The molecule has 1 heterocycles. The van der Waals surface area contributed by atoms with Crippen LogP contribution < -0.4 is 20.1 Å². The number of hydrogen-bond donors (Lipinski definition) is 3. The quantitative estimate of drug-likeness (QED) is 0.168. The number of sulfonamides is 1. The maximum Gasteiger partial charge on any atom is 0.211 e. The van der Waals surface area contributed by atoms with Crippen LogP contribution in [0.2, 0.25) is 0 Å². The van der Waals surface area contributed by atoms with Crippen molar-refractivity contribution in [2.45, 2.75) is 33.7 Å². The zero-order chi connectivity index (χ0) is 21.1. The Balaban J connectivity index is 0.00000450. The van der Waals surface area contributed by atoms with Gasteiger partial charge in [-0.3, -0.25) is 0 Å². The van der Waals surface area contributed by atoms with Crippen LogP contribution in [-0.4, -0.2) is 59.6 Å². The van der Waals surface area contributed by atoms with Gasteiger partial charge in [-0.15, -0.1) is 24.0 Å². The number of guanidine groups is 1. The first-order valence-electron chi connectivity index (χ1n) is 10.2. The smallest absolute Gasteiger partial charge is 0.211 e. The molecule has 3 N–H and O–H groups in total. The first-order chi connectivity index (χ1) is 13.9. The van der Waals surface area contributed by atoms with Gasteiger partial charge in [0.15, 0.2) is 5.96 Å². The Hall–Kier alpha value is -1.11. The van der Waals surface area contributed by atoms with Crippen LogP contribution >= 0.6 is 24.0 Å². The SMILES string of the molecule is CCNC(=NCc1ccc(C)cc1OCC1CCOC1)NCCNS(=O)(=O)CC.I. The van der Waals surface area contributed by atoms with Gasteiger partial charge in [0.25, 0.3) is 0 Å². The zero-order valence-electron chi connectivity index (χ0n) is 18.1. The van der Waals surface area contributed by atoms with Crippen LogP contribution in [0.3, 0.4) is 0 Å². The van der Waals surface area contributed by atoms with E-state index in [4.69, 9.17) is 9.47 Å². The van der Waals surface area contributed by atoms with E-state index in [2.05, 4.69) is 26.4 Å². The molecule has 0 aromatic heterocycles. The van der Waals surface area contributed by atoms with E-state index in [9.17, 15) is 8.42 Å². The van der Waals surface area contributed by atoms with E-state index in [0.717, 1.165) is 36.5 Å². The molecule has 8 nitrogen and oxygen atoms in total. The molecule has 1 unspecified atom stereocenters. The molecule has 1 fully saturated rings. The fraction of sp³-hybridized carbons (Fsp3) is 0.650. The van der Waals surface area contributed by atoms with Crippen LogP contribution in [0.5, 0.6) is 5.75 Å². The van der Waals surface area contributed by atoms with Gasteiger partial charge < -0.3 is 20.1 Å². The summed E-state index contributed by atoms with van der Waals surface area (Å²) < 4.78 is 37.0. The standard InChI is InChI=1S/C20H34N4O4S.HI/c1-4-21-20(22-9-10-24-29(25,26)5-2)23-13-18-7-6-16(3)12-19(18)28-15-17-8-11-27-14-17;/h6-7,12,17,24H,4-5,8-11,13-15H2,1-3H3,(H2,21,22,23);1H. The average molecular weight is 554 g/mol. The molecule has 0 radical (unpaired) electrons.